The molecule has 0 saturated carbocycles. The van der Waals surface area contributed by atoms with Crippen LogP contribution >= 0.6 is 11.8 Å². The second kappa shape index (κ2) is 5.28. The Morgan fingerprint density at radius 3 is 2.94 bits per heavy atom. The van der Waals surface area contributed by atoms with Crippen LogP contribution < -0.4 is 0 Å². The normalized spacial score (nSPS) is 20.5. The highest BCUT2D eigenvalue weighted by Gasteiger charge is 2.36. The van der Waals surface area contributed by atoms with Gasteiger partial charge in [-0.3, -0.25) is 9.78 Å². The second-order valence-electron chi connectivity index (χ2n) is 5.26. The van der Waals surface area contributed by atoms with E-state index in [4.69, 9.17) is 0 Å². The lowest BCUT2D eigenvalue weighted by atomic mass is 9.94. The summed E-state index contributed by atoms with van der Waals surface area (Å²) in [6.07, 6.45) is 1.74. The standard InChI is InChI=1S/C13H18N2O2S/c1-13(2,9-16)8-15-11(17)7-18-12(15)10-5-3-4-6-14-10/h3-6,12,16H,7-9H2,1-2H3. The maximum absolute atomic E-state index is 11.9. The van der Waals surface area contributed by atoms with Gasteiger partial charge in [0.05, 0.1) is 11.4 Å². The van der Waals surface area contributed by atoms with Crippen LogP contribution in [0.25, 0.3) is 0 Å². The first-order valence-electron chi connectivity index (χ1n) is 5.96. The minimum absolute atomic E-state index is 0.0236. The van der Waals surface area contributed by atoms with Crippen LogP contribution in [0.15, 0.2) is 24.4 Å². The summed E-state index contributed by atoms with van der Waals surface area (Å²) in [5.41, 5.74) is 0.621. The number of aliphatic hydroxyl groups excluding tert-OH is 1. The van der Waals surface area contributed by atoms with E-state index in [2.05, 4.69) is 4.98 Å². The van der Waals surface area contributed by atoms with Gasteiger partial charge in [0.1, 0.15) is 5.37 Å². The Balaban J connectivity index is 2.18. The molecule has 1 N–H and O–H groups in total. The number of aliphatic hydroxyl groups is 1. The summed E-state index contributed by atoms with van der Waals surface area (Å²) in [6.45, 7) is 4.53. The van der Waals surface area contributed by atoms with Crippen molar-refractivity contribution in [2.45, 2.75) is 19.2 Å². The van der Waals surface area contributed by atoms with E-state index in [0.29, 0.717) is 12.3 Å². The van der Waals surface area contributed by atoms with Crippen molar-refractivity contribution in [3.8, 4) is 0 Å². The molecule has 2 heterocycles. The average molecular weight is 266 g/mol. The molecule has 0 bridgehead atoms. The van der Waals surface area contributed by atoms with Crippen molar-refractivity contribution >= 4 is 17.7 Å². The van der Waals surface area contributed by atoms with E-state index >= 15 is 0 Å². The highest BCUT2D eigenvalue weighted by atomic mass is 32.2. The first-order valence-corrected chi connectivity index (χ1v) is 7.01. The van der Waals surface area contributed by atoms with E-state index in [1.54, 1.807) is 18.0 Å². The minimum atomic E-state index is -0.284. The van der Waals surface area contributed by atoms with Crippen LogP contribution in [0.4, 0.5) is 0 Å². The smallest absolute Gasteiger partial charge is 0.233 e. The Morgan fingerprint density at radius 1 is 1.56 bits per heavy atom. The summed E-state index contributed by atoms with van der Waals surface area (Å²) in [7, 11) is 0. The van der Waals surface area contributed by atoms with E-state index in [1.165, 1.54) is 0 Å². The second-order valence-corrected chi connectivity index (χ2v) is 6.33. The van der Waals surface area contributed by atoms with E-state index in [9.17, 15) is 9.90 Å². The highest BCUT2D eigenvalue weighted by Crippen LogP contribution is 2.39. The Morgan fingerprint density at radius 2 is 2.33 bits per heavy atom. The molecule has 1 unspecified atom stereocenters. The number of pyridine rings is 1. The zero-order chi connectivity index (χ0) is 13.2. The summed E-state index contributed by atoms with van der Waals surface area (Å²) >= 11 is 1.60. The maximum atomic E-state index is 11.9. The molecule has 0 radical (unpaired) electrons. The summed E-state index contributed by atoms with van der Waals surface area (Å²) in [5.74, 6) is 0.611. The van der Waals surface area contributed by atoms with Crippen LogP contribution in [0.1, 0.15) is 24.9 Å². The predicted octanol–water partition coefficient (Wildman–Crippen LogP) is 1.67. The number of rotatable bonds is 4. The van der Waals surface area contributed by atoms with Crippen molar-refractivity contribution in [1.29, 1.82) is 0 Å². The monoisotopic (exact) mass is 266 g/mol. The average Bonchev–Trinajstić information content (AvgIpc) is 2.72. The maximum Gasteiger partial charge on any atom is 0.233 e. The molecule has 1 amide bonds. The van der Waals surface area contributed by atoms with Crippen LogP contribution in [0.2, 0.25) is 0 Å². The molecule has 2 rings (SSSR count). The van der Waals surface area contributed by atoms with Gasteiger partial charge < -0.3 is 10.0 Å². The molecule has 0 aliphatic carbocycles. The van der Waals surface area contributed by atoms with Crippen LogP contribution in [0, 0.1) is 5.41 Å². The number of carbonyl (C=O) groups is 1. The third kappa shape index (κ3) is 2.84. The Kier molecular flexibility index (Phi) is 3.92. The molecule has 98 valence electrons. The van der Waals surface area contributed by atoms with E-state index in [1.807, 2.05) is 36.9 Å². The molecule has 1 saturated heterocycles. The predicted molar refractivity (Wildman–Crippen MR) is 72.0 cm³/mol. The van der Waals surface area contributed by atoms with Gasteiger partial charge in [-0.05, 0) is 12.1 Å². The summed E-state index contributed by atoms with van der Waals surface area (Å²) in [5, 5.41) is 9.31. The van der Waals surface area contributed by atoms with Crippen molar-refractivity contribution < 1.29 is 9.90 Å². The molecular weight excluding hydrogens is 248 g/mol. The van der Waals surface area contributed by atoms with Crippen molar-refractivity contribution in [2.24, 2.45) is 5.41 Å². The molecule has 1 fully saturated rings. The number of hydrogen-bond donors (Lipinski definition) is 1. The summed E-state index contributed by atoms with van der Waals surface area (Å²) in [4.78, 5) is 18.1. The highest BCUT2D eigenvalue weighted by molar-refractivity contribution is 8.00. The molecule has 18 heavy (non-hydrogen) atoms. The van der Waals surface area contributed by atoms with Crippen LogP contribution in [-0.4, -0.2) is 39.8 Å². The van der Waals surface area contributed by atoms with Gasteiger partial charge in [-0.25, -0.2) is 0 Å². The lowest BCUT2D eigenvalue weighted by molar-refractivity contribution is -0.129. The molecule has 1 aromatic heterocycles. The quantitative estimate of drug-likeness (QED) is 0.901. The minimum Gasteiger partial charge on any atom is -0.396 e. The molecule has 1 aliphatic rings. The van der Waals surface area contributed by atoms with Gasteiger partial charge in [0.15, 0.2) is 0 Å². The number of carbonyl (C=O) groups excluding carboxylic acids is 1. The topological polar surface area (TPSA) is 53.4 Å². The fourth-order valence-corrected chi connectivity index (χ4v) is 3.05. The third-order valence-electron chi connectivity index (χ3n) is 2.94. The number of hydrogen-bond acceptors (Lipinski definition) is 4. The Labute approximate surface area is 111 Å². The molecule has 5 heteroatoms. The molecule has 0 aromatic carbocycles. The SMILES string of the molecule is CC(C)(CO)CN1C(=O)CSC1c1ccccn1. The number of nitrogens with zero attached hydrogens (tertiary/aromatic N) is 2. The van der Waals surface area contributed by atoms with Gasteiger partial charge in [0.2, 0.25) is 5.91 Å². The van der Waals surface area contributed by atoms with Crippen molar-refractivity contribution in [3.05, 3.63) is 30.1 Å². The van der Waals surface area contributed by atoms with Crippen molar-refractivity contribution in [1.82, 2.24) is 9.88 Å². The van der Waals surface area contributed by atoms with Crippen molar-refractivity contribution in [2.75, 3.05) is 18.9 Å². The van der Waals surface area contributed by atoms with Gasteiger partial charge in [0.25, 0.3) is 0 Å². The third-order valence-corrected chi connectivity index (χ3v) is 4.16. The number of aromatic nitrogens is 1. The zero-order valence-electron chi connectivity index (χ0n) is 10.7. The fraction of sp³-hybridized carbons (Fsp3) is 0.538. The van der Waals surface area contributed by atoms with E-state index in [0.717, 1.165) is 5.69 Å². The molecule has 1 atom stereocenters. The van der Waals surface area contributed by atoms with Crippen LogP contribution in [-0.2, 0) is 4.79 Å². The molecule has 4 nitrogen and oxygen atoms in total. The van der Waals surface area contributed by atoms with Crippen LogP contribution in [0.3, 0.4) is 0 Å². The molecule has 0 spiro atoms. The van der Waals surface area contributed by atoms with Gasteiger partial charge in [0, 0.05) is 24.8 Å². The molecule has 1 aromatic rings. The molecular formula is C13H18N2O2S. The Bertz CT molecular complexity index is 422. The van der Waals surface area contributed by atoms with E-state index < -0.39 is 0 Å². The first-order chi connectivity index (χ1) is 8.53. The summed E-state index contributed by atoms with van der Waals surface area (Å²) in [6, 6.07) is 5.74. The number of amides is 1. The summed E-state index contributed by atoms with van der Waals surface area (Å²) < 4.78 is 0. The van der Waals surface area contributed by atoms with Gasteiger partial charge in [-0.2, -0.15) is 0 Å². The van der Waals surface area contributed by atoms with Gasteiger partial charge in [-0.15, -0.1) is 11.8 Å². The van der Waals surface area contributed by atoms with Gasteiger partial charge in [-0.1, -0.05) is 19.9 Å². The largest absolute Gasteiger partial charge is 0.396 e. The fourth-order valence-electron chi connectivity index (χ4n) is 1.90. The zero-order valence-corrected chi connectivity index (χ0v) is 11.5. The Hall–Kier alpha value is -1.07. The van der Waals surface area contributed by atoms with E-state index in [-0.39, 0.29) is 23.3 Å². The van der Waals surface area contributed by atoms with Gasteiger partial charge >= 0.3 is 0 Å². The van der Waals surface area contributed by atoms with Crippen LogP contribution in [0.5, 0.6) is 0 Å². The molecule has 1 aliphatic heterocycles. The lowest BCUT2D eigenvalue weighted by Gasteiger charge is -2.31. The first kappa shape index (κ1) is 13.4. The number of thioether (sulfide) groups is 1. The van der Waals surface area contributed by atoms with Crippen molar-refractivity contribution in [3.63, 3.8) is 0 Å². The lowest BCUT2D eigenvalue weighted by Crippen LogP contribution is -2.39.